The molecule has 0 spiro atoms. The molecule has 146 valence electrons. The van der Waals surface area contributed by atoms with E-state index >= 15 is 0 Å². The molecule has 3 rings (SSSR count). The van der Waals surface area contributed by atoms with Crippen molar-refractivity contribution in [1.82, 2.24) is 10.2 Å². The molecule has 1 aliphatic rings. The largest absolute Gasteiger partial charge is 0.416 e. The Morgan fingerprint density at radius 1 is 0.889 bits per heavy atom. The van der Waals surface area contributed by atoms with E-state index in [9.17, 15) is 13.2 Å². The van der Waals surface area contributed by atoms with Crippen molar-refractivity contribution in [1.29, 1.82) is 0 Å². The van der Waals surface area contributed by atoms with E-state index in [1.165, 1.54) is 5.56 Å². The first-order valence-electron chi connectivity index (χ1n) is 9.57. The smallest absolute Gasteiger partial charge is 0.314 e. The quantitative estimate of drug-likeness (QED) is 0.755. The fraction of sp³-hybridized carbons (Fsp3) is 0.455. The molecule has 0 amide bonds. The Morgan fingerprint density at radius 2 is 1.41 bits per heavy atom. The van der Waals surface area contributed by atoms with Gasteiger partial charge in [-0.25, -0.2) is 0 Å². The van der Waals surface area contributed by atoms with Gasteiger partial charge in [-0.2, -0.15) is 13.2 Å². The van der Waals surface area contributed by atoms with E-state index in [1.807, 2.05) is 12.1 Å². The van der Waals surface area contributed by atoms with E-state index in [0.29, 0.717) is 12.0 Å². The third kappa shape index (κ3) is 5.11. The maximum atomic E-state index is 12.7. The van der Waals surface area contributed by atoms with Gasteiger partial charge in [0.25, 0.3) is 0 Å². The van der Waals surface area contributed by atoms with Gasteiger partial charge >= 0.3 is 6.18 Å². The van der Waals surface area contributed by atoms with Crippen LogP contribution in [0.2, 0.25) is 0 Å². The van der Waals surface area contributed by atoms with E-state index in [1.54, 1.807) is 12.1 Å². The first kappa shape index (κ1) is 19.9. The van der Waals surface area contributed by atoms with Crippen LogP contribution in [0.15, 0.2) is 48.5 Å². The molecular formula is C22H27F3N2. The van der Waals surface area contributed by atoms with Crippen molar-refractivity contribution in [2.45, 2.75) is 32.5 Å². The summed E-state index contributed by atoms with van der Waals surface area (Å²) in [5.74, 6) is 0.597. The Hall–Kier alpha value is -1.85. The molecule has 0 aromatic heterocycles. The summed E-state index contributed by atoms with van der Waals surface area (Å²) in [6, 6.07) is 14.1. The number of hydrogen-bond donors (Lipinski definition) is 1. The average Bonchev–Trinajstić information content (AvgIpc) is 2.66. The minimum atomic E-state index is -4.30. The Bertz CT molecular complexity index is 715. The predicted octanol–water partition coefficient (Wildman–Crippen LogP) is 5.36. The summed E-state index contributed by atoms with van der Waals surface area (Å²) in [6.07, 6.45) is -3.20. The van der Waals surface area contributed by atoms with Crippen LogP contribution in [0.3, 0.4) is 0 Å². The van der Waals surface area contributed by atoms with Crippen LogP contribution in [0.25, 0.3) is 11.1 Å². The lowest BCUT2D eigenvalue weighted by molar-refractivity contribution is -0.137. The van der Waals surface area contributed by atoms with Crippen LogP contribution in [-0.4, -0.2) is 31.1 Å². The number of nitrogens with one attached hydrogen (secondary N) is 1. The van der Waals surface area contributed by atoms with E-state index < -0.39 is 11.7 Å². The van der Waals surface area contributed by atoms with Gasteiger partial charge in [0.15, 0.2) is 0 Å². The van der Waals surface area contributed by atoms with Gasteiger partial charge in [0.05, 0.1) is 5.56 Å². The molecule has 2 aromatic carbocycles. The molecule has 1 aliphatic heterocycles. The van der Waals surface area contributed by atoms with Gasteiger partial charge in [-0.3, -0.25) is 4.90 Å². The third-order valence-electron chi connectivity index (χ3n) is 5.13. The average molecular weight is 376 g/mol. The van der Waals surface area contributed by atoms with Gasteiger partial charge < -0.3 is 5.32 Å². The molecule has 1 fully saturated rings. The first-order chi connectivity index (χ1) is 12.8. The molecule has 0 unspecified atom stereocenters. The Balaban J connectivity index is 1.79. The molecule has 0 saturated carbocycles. The third-order valence-corrected chi connectivity index (χ3v) is 5.13. The summed E-state index contributed by atoms with van der Waals surface area (Å²) in [6.45, 7) is 8.59. The second kappa shape index (κ2) is 8.44. The minimum Gasteiger partial charge on any atom is -0.314 e. The zero-order chi connectivity index (χ0) is 19.4. The van der Waals surface area contributed by atoms with Crippen molar-refractivity contribution < 1.29 is 13.2 Å². The second-order valence-corrected chi connectivity index (χ2v) is 7.63. The number of piperazine rings is 1. The van der Waals surface area contributed by atoms with E-state index in [4.69, 9.17) is 0 Å². The van der Waals surface area contributed by atoms with E-state index in [0.717, 1.165) is 55.9 Å². The van der Waals surface area contributed by atoms with Crippen molar-refractivity contribution in [2.75, 3.05) is 26.2 Å². The highest BCUT2D eigenvalue weighted by Gasteiger charge is 2.30. The highest BCUT2D eigenvalue weighted by Crippen LogP contribution is 2.32. The van der Waals surface area contributed by atoms with Crippen LogP contribution in [-0.2, 0) is 6.18 Å². The van der Waals surface area contributed by atoms with Crippen molar-refractivity contribution in [3.05, 3.63) is 59.7 Å². The summed E-state index contributed by atoms with van der Waals surface area (Å²) < 4.78 is 38.2. The summed E-state index contributed by atoms with van der Waals surface area (Å²) in [5, 5.41) is 3.40. The molecule has 2 nitrogen and oxygen atoms in total. The minimum absolute atomic E-state index is 0.383. The van der Waals surface area contributed by atoms with Crippen molar-refractivity contribution in [3.63, 3.8) is 0 Å². The molecule has 0 aliphatic carbocycles. The molecule has 0 radical (unpaired) electrons. The van der Waals surface area contributed by atoms with Crippen LogP contribution in [0.1, 0.15) is 37.4 Å². The summed E-state index contributed by atoms with van der Waals surface area (Å²) in [4.78, 5) is 2.53. The first-order valence-corrected chi connectivity index (χ1v) is 9.57. The number of halogens is 3. The summed E-state index contributed by atoms with van der Waals surface area (Å²) in [7, 11) is 0. The predicted molar refractivity (Wildman–Crippen MR) is 104 cm³/mol. The topological polar surface area (TPSA) is 15.3 Å². The van der Waals surface area contributed by atoms with Crippen LogP contribution >= 0.6 is 0 Å². The number of benzene rings is 2. The molecule has 1 N–H and O–H groups in total. The molecule has 1 atom stereocenters. The molecule has 5 heteroatoms. The van der Waals surface area contributed by atoms with Gasteiger partial charge in [-0.1, -0.05) is 50.2 Å². The number of alkyl halides is 3. The molecule has 1 heterocycles. The van der Waals surface area contributed by atoms with Crippen molar-refractivity contribution >= 4 is 0 Å². The van der Waals surface area contributed by atoms with Crippen LogP contribution in [0.5, 0.6) is 0 Å². The Morgan fingerprint density at radius 3 is 1.89 bits per heavy atom. The number of hydrogen-bond acceptors (Lipinski definition) is 2. The SMILES string of the molecule is CC(C)C[C@@H](c1ccc(-c2ccc(C(F)(F)F)cc2)cc1)N1CCNCC1. The molecule has 27 heavy (non-hydrogen) atoms. The lowest BCUT2D eigenvalue weighted by Crippen LogP contribution is -2.45. The zero-order valence-electron chi connectivity index (χ0n) is 15.9. The highest BCUT2D eigenvalue weighted by molar-refractivity contribution is 5.64. The van der Waals surface area contributed by atoms with E-state index in [2.05, 4.69) is 36.2 Å². The van der Waals surface area contributed by atoms with Gasteiger partial charge in [0.1, 0.15) is 0 Å². The van der Waals surface area contributed by atoms with Crippen molar-refractivity contribution in [3.8, 4) is 11.1 Å². The fourth-order valence-corrected chi connectivity index (χ4v) is 3.69. The maximum absolute atomic E-state index is 12.7. The molecule has 1 saturated heterocycles. The summed E-state index contributed by atoms with van der Waals surface area (Å²) in [5.41, 5.74) is 2.41. The monoisotopic (exact) mass is 376 g/mol. The highest BCUT2D eigenvalue weighted by atomic mass is 19.4. The van der Waals surface area contributed by atoms with Crippen molar-refractivity contribution in [2.24, 2.45) is 5.92 Å². The zero-order valence-corrected chi connectivity index (χ0v) is 15.9. The normalized spacial score (nSPS) is 17.3. The fourth-order valence-electron chi connectivity index (χ4n) is 3.69. The Kier molecular flexibility index (Phi) is 6.22. The number of nitrogens with zero attached hydrogens (tertiary/aromatic N) is 1. The standard InChI is InChI=1S/C22H27F3N2/c1-16(2)15-21(27-13-11-26-12-14-27)19-5-3-17(4-6-19)18-7-9-20(10-8-18)22(23,24)25/h3-10,16,21,26H,11-15H2,1-2H3/t21-/m0/s1. The van der Waals surface area contributed by atoms with Crippen LogP contribution < -0.4 is 5.32 Å². The van der Waals surface area contributed by atoms with Gasteiger partial charge in [0, 0.05) is 32.2 Å². The Labute approximate surface area is 159 Å². The van der Waals surface area contributed by atoms with Gasteiger partial charge in [-0.15, -0.1) is 0 Å². The lowest BCUT2D eigenvalue weighted by atomic mass is 9.93. The molecule has 2 aromatic rings. The van der Waals surface area contributed by atoms with Crippen LogP contribution in [0, 0.1) is 5.92 Å². The van der Waals surface area contributed by atoms with Gasteiger partial charge in [0.2, 0.25) is 0 Å². The van der Waals surface area contributed by atoms with Crippen LogP contribution in [0.4, 0.5) is 13.2 Å². The van der Waals surface area contributed by atoms with Gasteiger partial charge in [-0.05, 0) is 41.2 Å². The maximum Gasteiger partial charge on any atom is 0.416 e. The summed E-state index contributed by atoms with van der Waals surface area (Å²) >= 11 is 0. The van der Waals surface area contributed by atoms with E-state index in [-0.39, 0.29) is 0 Å². The number of rotatable bonds is 5. The second-order valence-electron chi connectivity index (χ2n) is 7.63. The molecular weight excluding hydrogens is 349 g/mol. The molecule has 0 bridgehead atoms. The lowest BCUT2D eigenvalue weighted by Gasteiger charge is -2.36.